The van der Waals surface area contributed by atoms with Gasteiger partial charge in [-0.15, -0.1) is 0 Å². The first-order valence-electron chi connectivity index (χ1n) is 6.31. The molecule has 1 nitrogen and oxygen atoms in total. The van der Waals surface area contributed by atoms with E-state index in [9.17, 15) is 0 Å². The quantitative estimate of drug-likeness (QED) is 0.525. The Labute approximate surface area is 102 Å². The van der Waals surface area contributed by atoms with Crippen LogP contribution in [0.4, 0.5) is 0 Å². The van der Waals surface area contributed by atoms with Gasteiger partial charge in [0, 0.05) is 18.8 Å². The van der Waals surface area contributed by atoms with Crippen molar-refractivity contribution in [1.82, 2.24) is 0 Å². The van der Waals surface area contributed by atoms with E-state index in [-0.39, 0.29) is 0 Å². The molecule has 0 aromatic heterocycles. The van der Waals surface area contributed by atoms with Crippen molar-refractivity contribution in [2.75, 3.05) is 0 Å². The van der Waals surface area contributed by atoms with Crippen LogP contribution in [0.25, 0.3) is 0 Å². The molecule has 0 fully saturated rings. The highest BCUT2D eigenvalue weighted by molar-refractivity contribution is 5.62. The van der Waals surface area contributed by atoms with Gasteiger partial charge in [-0.1, -0.05) is 70.9 Å². The van der Waals surface area contributed by atoms with Gasteiger partial charge in [0.15, 0.2) is 0 Å². The van der Waals surface area contributed by atoms with Crippen molar-refractivity contribution in [3.63, 3.8) is 0 Å². The minimum Gasteiger partial charge on any atom is -0.269 e. The predicted molar refractivity (Wildman–Crippen MR) is 77.1 cm³/mol. The van der Waals surface area contributed by atoms with E-state index < -0.39 is 0 Å². The molecule has 1 aliphatic carbocycles. The third-order valence-corrected chi connectivity index (χ3v) is 1.19. The van der Waals surface area contributed by atoms with Crippen molar-refractivity contribution in [1.29, 1.82) is 0 Å². The second kappa shape index (κ2) is 19.5. The Hall–Kier alpha value is -1.11. The molecule has 0 spiro atoms. The molecule has 0 amide bonds. The molecule has 0 bridgehead atoms. The smallest absolute Gasteiger partial charge is 0.0227 e. The fraction of sp³-hybridized carbons (Fsp3) is 0.533. The number of nitrogens with zero attached hydrogens (tertiary/aromatic N) is 1. The zero-order valence-electron chi connectivity index (χ0n) is 11.3. The Bertz CT molecular complexity index is 165. The van der Waals surface area contributed by atoms with E-state index in [0.29, 0.717) is 0 Å². The Kier molecular flexibility index (Phi) is 21.0. The molecule has 0 atom stereocenters. The van der Waals surface area contributed by atoms with Gasteiger partial charge in [0.25, 0.3) is 0 Å². The second-order valence-electron chi connectivity index (χ2n) is 3.46. The van der Waals surface area contributed by atoms with Crippen molar-refractivity contribution < 1.29 is 0 Å². The first-order valence-corrected chi connectivity index (χ1v) is 6.31. The van der Waals surface area contributed by atoms with Crippen molar-refractivity contribution in [2.45, 2.75) is 53.4 Å². The molecule has 2 aliphatic rings. The molecule has 0 radical (unpaired) electrons. The fourth-order valence-electron chi connectivity index (χ4n) is 0.697. The number of aliphatic imine (C=N–C) groups is 1. The van der Waals surface area contributed by atoms with Crippen LogP contribution in [-0.2, 0) is 0 Å². The summed E-state index contributed by atoms with van der Waals surface area (Å²) in [6, 6.07) is 0. The summed E-state index contributed by atoms with van der Waals surface area (Å²) in [6.45, 7) is 8.50. The van der Waals surface area contributed by atoms with Gasteiger partial charge in [-0.3, -0.25) is 4.99 Å². The van der Waals surface area contributed by atoms with E-state index in [2.05, 4.69) is 57.0 Å². The monoisotopic (exact) mass is 221 g/mol. The maximum absolute atomic E-state index is 3.78. The summed E-state index contributed by atoms with van der Waals surface area (Å²) in [5, 5.41) is 0. The summed E-state index contributed by atoms with van der Waals surface area (Å²) >= 11 is 0. The minimum atomic E-state index is 1.03. The summed E-state index contributed by atoms with van der Waals surface area (Å²) in [4.78, 5) is 3.78. The summed E-state index contributed by atoms with van der Waals surface area (Å²) in [5.41, 5.74) is 0. The van der Waals surface area contributed by atoms with Gasteiger partial charge in [-0.25, -0.2) is 0 Å². The van der Waals surface area contributed by atoms with Gasteiger partial charge in [-0.2, -0.15) is 0 Å². The lowest BCUT2D eigenvalue weighted by molar-refractivity contribution is 1.09. The van der Waals surface area contributed by atoms with Gasteiger partial charge >= 0.3 is 0 Å². The largest absolute Gasteiger partial charge is 0.269 e. The van der Waals surface area contributed by atoms with Crippen molar-refractivity contribution in [3.05, 3.63) is 36.6 Å². The third kappa shape index (κ3) is 23.1. The Morgan fingerprint density at radius 2 is 1.31 bits per heavy atom. The van der Waals surface area contributed by atoms with Crippen LogP contribution in [-0.4, -0.2) is 6.21 Å². The normalized spacial score (nSPS) is 13.2. The fourth-order valence-corrected chi connectivity index (χ4v) is 0.697. The van der Waals surface area contributed by atoms with Gasteiger partial charge in [-0.05, 0) is 6.42 Å². The molecule has 0 N–H and O–H groups in total. The van der Waals surface area contributed by atoms with Crippen LogP contribution in [0.1, 0.15) is 53.4 Å². The van der Waals surface area contributed by atoms with E-state index in [1.165, 1.54) is 12.8 Å². The number of hydrogen-bond acceptors (Lipinski definition) is 1. The van der Waals surface area contributed by atoms with Crippen LogP contribution < -0.4 is 0 Å². The van der Waals surface area contributed by atoms with Gasteiger partial charge < -0.3 is 0 Å². The lowest BCUT2D eigenvalue weighted by atomic mass is 10.5. The van der Waals surface area contributed by atoms with Crippen molar-refractivity contribution in [2.24, 2.45) is 4.99 Å². The highest BCUT2D eigenvalue weighted by Crippen LogP contribution is 1.93. The number of hydrogen-bond donors (Lipinski definition) is 0. The molecule has 0 saturated heterocycles. The first kappa shape index (κ1) is 17.3. The summed E-state index contributed by atoms with van der Waals surface area (Å²) < 4.78 is 0. The molecule has 0 saturated carbocycles. The lowest BCUT2D eigenvalue weighted by Crippen LogP contribution is -1.51. The first-order chi connectivity index (χ1) is 7.83. The molecule has 0 aromatic carbocycles. The maximum Gasteiger partial charge on any atom is 0.0227 e. The summed E-state index contributed by atoms with van der Waals surface area (Å²) in [7, 11) is 0. The topological polar surface area (TPSA) is 12.4 Å². The standard InChI is InChI=1S/C5H6.C4H5N.2C3H8/c2*1-2-4-5-3-1;2*1-3-2/h1-4H,5H2;1,3-4H,2H2;2*3H2,1-2H3. The van der Waals surface area contributed by atoms with Crippen LogP contribution in [0, 0.1) is 0 Å². The molecule has 0 aromatic rings. The third-order valence-electron chi connectivity index (χ3n) is 1.19. The zero-order chi connectivity index (χ0) is 12.5. The Morgan fingerprint density at radius 1 is 0.812 bits per heavy atom. The van der Waals surface area contributed by atoms with Gasteiger partial charge in [0.2, 0.25) is 0 Å². The van der Waals surface area contributed by atoms with Crippen molar-refractivity contribution >= 4 is 6.21 Å². The Balaban J connectivity index is 0. The molecular weight excluding hydrogens is 194 g/mol. The Morgan fingerprint density at radius 3 is 1.44 bits per heavy atom. The van der Waals surface area contributed by atoms with E-state index in [1.807, 2.05) is 12.3 Å². The summed E-state index contributed by atoms with van der Waals surface area (Å²) in [6.07, 6.45) is 18.7. The highest BCUT2D eigenvalue weighted by atomic mass is 14.7. The van der Waals surface area contributed by atoms with Crippen LogP contribution in [0.5, 0.6) is 0 Å². The second-order valence-corrected chi connectivity index (χ2v) is 3.46. The van der Waals surface area contributed by atoms with Crippen LogP contribution in [0.2, 0.25) is 0 Å². The number of allylic oxidation sites excluding steroid dienone is 5. The predicted octanol–water partition coefficient (Wildman–Crippen LogP) is 5.31. The van der Waals surface area contributed by atoms with Gasteiger partial charge in [0.1, 0.15) is 0 Å². The average molecular weight is 221 g/mol. The van der Waals surface area contributed by atoms with Crippen LogP contribution in [0.3, 0.4) is 0 Å². The minimum absolute atomic E-state index is 1.03. The lowest BCUT2D eigenvalue weighted by Gasteiger charge is -1.57. The van der Waals surface area contributed by atoms with E-state index in [1.54, 1.807) is 6.20 Å². The molecular formula is C15H27N. The average Bonchev–Trinajstić information content (AvgIpc) is 3.00. The van der Waals surface area contributed by atoms with Crippen LogP contribution in [0.15, 0.2) is 41.6 Å². The molecule has 1 heterocycles. The van der Waals surface area contributed by atoms with Gasteiger partial charge in [0.05, 0.1) is 0 Å². The molecule has 16 heavy (non-hydrogen) atoms. The van der Waals surface area contributed by atoms with E-state index >= 15 is 0 Å². The van der Waals surface area contributed by atoms with E-state index in [0.717, 1.165) is 12.8 Å². The highest BCUT2D eigenvalue weighted by Gasteiger charge is 1.73. The van der Waals surface area contributed by atoms with Crippen LogP contribution >= 0.6 is 0 Å². The molecule has 1 heteroatoms. The molecule has 1 aliphatic heterocycles. The molecule has 2 rings (SSSR count). The molecule has 92 valence electrons. The van der Waals surface area contributed by atoms with E-state index in [4.69, 9.17) is 0 Å². The SMILES string of the molecule is C1=CCC=C1.C1=CN=CC1.CCC.CCC. The summed E-state index contributed by atoms with van der Waals surface area (Å²) in [5.74, 6) is 0. The maximum atomic E-state index is 3.78. The zero-order valence-corrected chi connectivity index (χ0v) is 11.3. The van der Waals surface area contributed by atoms with Crippen molar-refractivity contribution in [3.8, 4) is 0 Å². The number of rotatable bonds is 0. The molecule has 0 unspecified atom stereocenters.